The van der Waals surface area contributed by atoms with Gasteiger partial charge in [0.1, 0.15) is 0 Å². The lowest BCUT2D eigenvalue weighted by Gasteiger charge is -2.26. The molecule has 0 aliphatic heterocycles. The standard InChI is InChI=1S/C15H33NO/c1-6-10-11-14(7-2)12-17-13(5)15(8-3)16-9-4/h13-16H,6-12H2,1-5H3. The first-order valence-electron chi connectivity index (χ1n) is 7.54. The summed E-state index contributed by atoms with van der Waals surface area (Å²) < 4.78 is 6.04. The van der Waals surface area contributed by atoms with E-state index in [2.05, 4.69) is 39.9 Å². The monoisotopic (exact) mass is 243 g/mol. The molecule has 1 N–H and O–H groups in total. The van der Waals surface area contributed by atoms with Gasteiger partial charge in [-0.3, -0.25) is 0 Å². The SMILES string of the molecule is CCCCC(CC)COC(C)C(CC)NCC. The number of rotatable bonds is 11. The molecule has 17 heavy (non-hydrogen) atoms. The topological polar surface area (TPSA) is 21.3 Å². The third-order valence-electron chi connectivity index (χ3n) is 3.61. The minimum absolute atomic E-state index is 0.329. The van der Waals surface area contributed by atoms with Gasteiger partial charge in [0.05, 0.1) is 6.10 Å². The molecule has 0 heterocycles. The second-order valence-electron chi connectivity index (χ2n) is 5.03. The van der Waals surface area contributed by atoms with E-state index in [9.17, 15) is 0 Å². The molecule has 0 saturated heterocycles. The van der Waals surface area contributed by atoms with E-state index < -0.39 is 0 Å². The highest BCUT2D eigenvalue weighted by Gasteiger charge is 2.16. The molecule has 0 rings (SSSR count). The second-order valence-corrected chi connectivity index (χ2v) is 5.03. The summed E-state index contributed by atoms with van der Waals surface area (Å²) in [5, 5.41) is 3.49. The van der Waals surface area contributed by atoms with Crippen LogP contribution in [0.2, 0.25) is 0 Å². The minimum atomic E-state index is 0.329. The summed E-state index contributed by atoms with van der Waals surface area (Å²) in [5.74, 6) is 0.747. The van der Waals surface area contributed by atoms with Crippen molar-refractivity contribution < 1.29 is 4.74 Å². The van der Waals surface area contributed by atoms with Crippen LogP contribution in [0.15, 0.2) is 0 Å². The number of hydrogen-bond donors (Lipinski definition) is 1. The third-order valence-corrected chi connectivity index (χ3v) is 3.61. The molecule has 0 amide bonds. The number of likely N-dealkylation sites (N-methyl/N-ethyl adjacent to an activating group) is 1. The molecule has 0 aromatic rings. The summed E-state index contributed by atoms with van der Waals surface area (Å²) in [6.07, 6.45) is 6.65. The maximum atomic E-state index is 6.04. The van der Waals surface area contributed by atoms with Gasteiger partial charge in [0.2, 0.25) is 0 Å². The molecule has 2 nitrogen and oxygen atoms in total. The molecule has 0 bridgehead atoms. The van der Waals surface area contributed by atoms with Gasteiger partial charge < -0.3 is 10.1 Å². The van der Waals surface area contributed by atoms with Gasteiger partial charge in [0.25, 0.3) is 0 Å². The lowest BCUT2D eigenvalue weighted by atomic mass is 10.0. The molecule has 0 aliphatic carbocycles. The van der Waals surface area contributed by atoms with Gasteiger partial charge in [-0.15, -0.1) is 0 Å². The van der Waals surface area contributed by atoms with E-state index in [1.807, 2.05) is 0 Å². The van der Waals surface area contributed by atoms with Gasteiger partial charge in [-0.2, -0.15) is 0 Å². The zero-order valence-electron chi connectivity index (χ0n) is 12.6. The van der Waals surface area contributed by atoms with Crippen LogP contribution in [0, 0.1) is 5.92 Å². The number of nitrogens with one attached hydrogen (secondary N) is 1. The first-order valence-corrected chi connectivity index (χ1v) is 7.54. The maximum Gasteiger partial charge on any atom is 0.0699 e. The average molecular weight is 243 g/mol. The van der Waals surface area contributed by atoms with Gasteiger partial charge in [-0.05, 0) is 32.2 Å². The third kappa shape index (κ3) is 7.77. The van der Waals surface area contributed by atoms with E-state index in [0.29, 0.717) is 12.1 Å². The first kappa shape index (κ1) is 16.9. The van der Waals surface area contributed by atoms with Gasteiger partial charge in [-0.25, -0.2) is 0 Å². The fourth-order valence-electron chi connectivity index (χ4n) is 2.21. The molecule has 0 radical (unpaired) electrons. The molecule has 0 aromatic heterocycles. The van der Waals surface area contributed by atoms with Crippen LogP contribution in [-0.2, 0) is 4.74 Å². The summed E-state index contributed by atoms with van der Waals surface area (Å²) >= 11 is 0. The predicted octanol–water partition coefficient (Wildman–Crippen LogP) is 4.00. The van der Waals surface area contributed by atoms with Gasteiger partial charge in [0, 0.05) is 12.6 Å². The Labute approximate surface area is 109 Å². The molecule has 0 aromatic carbocycles. The highest BCUT2D eigenvalue weighted by molar-refractivity contribution is 4.72. The molecule has 104 valence electrons. The van der Waals surface area contributed by atoms with Crippen LogP contribution < -0.4 is 5.32 Å². The lowest BCUT2D eigenvalue weighted by Crippen LogP contribution is -2.39. The van der Waals surface area contributed by atoms with E-state index in [4.69, 9.17) is 4.74 Å². The molecule has 0 aliphatic rings. The van der Waals surface area contributed by atoms with E-state index in [1.165, 1.54) is 25.7 Å². The van der Waals surface area contributed by atoms with Crippen molar-refractivity contribution in [2.45, 2.75) is 78.9 Å². The normalized spacial score (nSPS) is 16.8. The van der Waals surface area contributed by atoms with Crippen LogP contribution in [0.5, 0.6) is 0 Å². The summed E-state index contributed by atoms with van der Waals surface area (Å²) in [4.78, 5) is 0. The minimum Gasteiger partial charge on any atom is -0.377 e. The van der Waals surface area contributed by atoms with Gasteiger partial charge >= 0.3 is 0 Å². The van der Waals surface area contributed by atoms with Crippen molar-refractivity contribution in [1.82, 2.24) is 5.32 Å². The van der Waals surface area contributed by atoms with E-state index in [-0.39, 0.29) is 0 Å². The Balaban J connectivity index is 3.88. The molecule has 0 saturated carbocycles. The van der Waals surface area contributed by atoms with Crippen LogP contribution in [0.25, 0.3) is 0 Å². The zero-order valence-corrected chi connectivity index (χ0v) is 12.6. The Morgan fingerprint density at radius 2 is 1.76 bits per heavy atom. The number of hydrogen-bond acceptors (Lipinski definition) is 2. The first-order chi connectivity index (χ1) is 8.19. The van der Waals surface area contributed by atoms with Gasteiger partial charge in [-0.1, -0.05) is 47.0 Å². The van der Waals surface area contributed by atoms with E-state index in [0.717, 1.165) is 25.5 Å². The van der Waals surface area contributed by atoms with Crippen LogP contribution in [0.4, 0.5) is 0 Å². The van der Waals surface area contributed by atoms with Crippen LogP contribution in [-0.4, -0.2) is 25.3 Å². The highest BCUT2D eigenvalue weighted by atomic mass is 16.5. The Bertz CT molecular complexity index is 161. The van der Waals surface area contributed by atoms with Crippen molar-refractivity contribution in [3.05, 3.63) is 0 Å². The van der Waals surface area contributed by atoms with Crippen LogP contribution in [0.3, 0.4) is 0 Å². The molecular formula is C15H33NO. The van der Waals surface area contributed by atoms with Gasteiger partial charge in [0.15, 0.2) is 0 Å². The largest absolute Gasteiger partial charge is 0.377 e. The van der Waals surface area contributed by atoms with Crippen molar-refractivity contribution in [2.24, 2.45) is 5.92 Å². The van der Waals surface area contributed by atoms with Crippen LogP contribution >= 0.6 is 0 Å². The zero-order chi connectivity index (χ0) is 13.1. The second kappa shape index (κ2) is 11.0. The van der Waals surface area contributed by atoms with Crippen molar-refractivity contribution in [1.29, 1.82) is 0 Å². The molecule has 0 fully saturated rings. The number of ether oxygens (including phenoxy) is 1. The van der Waals surface area contributed by atoms with Crippen molar-refractivity contribution in [3.63, 3.8) is 0 Å². The Kier molecular flexibility index (Phi) is 11.0. The molecular weight excluding hydrogens is 210 g/mol. The maximum absolute atomic E-state index is 6.04. The molecule has 0 spiro atoms. The Hall–Kier alpha value is -0.0800. The summed E-state index contributed by atoms with van der Waals surface area (Å²) in [7, 11) is 0. The summed E-state index contributed by atoms with van der Waals surface area (Å²) in [5.41, 5.74) is 0. The van der Waals surface area contributed by atoms with E-state index >= 15 is 0 Å². The Morgan fingerprint density at radius 1 is 1.06 bits per heavy atom. The smallest absolute Gasteiger partial charge is 0.0699 e. The van der Waals surface area contributed by atoms with Crippen molar-refractivity contribution in [3.8, 4) is 0 Å². The predicted molar refractivity (Wildman–Crippen MR) is 76.5 cm³/mol. The number of unbranched alkanes of at least 4 members (excludes halogenated alkanes) is 1. The Morgan fingerprint density at radius 3 is 2.24 bits per heavy atom. The molecule has 2 heteroatoms. The van der Waals surface area contributed by atoms with Crippen LogP contribution in [0.1, 0.15) is 66.7 Å². The average Bonchev–Trinajstić information content (AvgIpc) is 2.35. The fourth-order valence-corrected chi connectivity index (χ4v) is 2.21. The summed E-state index contributed by atoms with van der Waals surface area (Å²) in [6, 6.07) is 0.503. The van der Waals surface area contributed by atoms with Crippen molar-refractivity contribution in [2.75, 3.05) is 13.2 Å². The van der Waals surface area contributed by atoms with Crippen molar-refractivity contribution >= 4 is 0 Å². The highest BCUT2D eigenvalue weighted by Crippen LogP contribution is 2.15. The lowest BCUT2D eigenvalue weighted by molar-refractivity contribution is 0.0139. The quantitative estimate of drug-likeness (QED) is 0.592. The molecule has 3 atom stereocenters. The fraction of sp³-hybridized carbons (Fsp3) is 1.00. The molecule has 3 unspecified atom stereocenters. The summed E-state index contributed by atoms with van der Waals surface area (Å²) in [6.45, 7) is 13.1. The van der Waals surface area contributed by atoms with E-state index in [1.54, 1.807) is 0 Å².